The summed E-state index contributed by atoms with van der Waals surface area (Å²) in [6, 6.07) is 16.6. The zero-order valence-corrected chi connectivity index (χ0v) is 18.5. The predicted molar refractivity (Wildman–Crippen MR) is 124 cm³/mol. The summed E-state index contributed by atoms with van der Waals surface area (Å²) in [7, 11) is 0. The number of nitrogens with zero attached hydrogens (tertiary/aromatic N) is 4. The fraction of sp³-hybridized carbons (Fsp3) is 0.375. The van der Waals surface area contributed by atoms with Gasteiger partial charge in [0.1, 0.15) is 5.69 Å². The molecule has 2 aromatic heterocycles. The summed E-state index contributed by atoms with van der Waals surface area (Å²) in [5, 5.41) is 14.7. The molecule has 1 N–H and O–H groups in total. The minimum Gasteiger partial charge on any atom is -0.363 e. The molecule has 0 aliphatic carbocycles. The summed E-state index contributed by atoms with van der Waals surface area (Å²) in [6.07, 6.45) is 5.49. The van der Waals surface area contributed by atoms with E-state index in [9.17, 15) is 4.79 Å². The van der Waals surface area contributed by atoms with Crippen LogP contribution in [0.25, 0.3) is 0 Å². The van der Waals surface area contributed by atoms with E-state index in [0.717, 1.165) is 31.5 Å². The van der Waals surface area contributed by atoms with Crippen molar-refractivity contribution in [3.8, 4) is 6.07 Å². The Bertz CT molecular complexity index is 1050. The average Bonchev–Trinajstić information content (AvgIpc) is 3.54. The van der Waals surface area contributed by atoms with Crippen LogP contribution in [0, 0.1) is 17.2 Å². The van der Waals surface area contributed by atoms with Gasteiger partial charge in [0, 0.05) is 36.8 Å². The number of anilines is 2. The molecule has 0 radical (unpaired) electrons. The van der Waals surface area contributed by atoms with Gasteiger partial charge in [-0.05, 0) is 43.0 Å². The molecule has 1 saturated heterocycles. The highest BCUT2D eigenvalue weighted by molar-refractivity contribution is 7.14. The standard InChI is InChI=1S/C24H27N5OS/c1-2-18(12-13-25)16-28-14-6-11-22(28)23(30)27-24-26-20(17-31-24)21-10-7-15-29(21)19-8-4-3-5-9-19/h3-6,8-9,11,14,17-18,21H,2,7,10,12,15-16H2,1H3,(H,26,27,30). The van der Waals surface area contributed by atoms with Crippen LogP contribution in [0.1, 0.15) is 54.8 Å². The van der Waals surface area contributed by atoms with Crippen LogP contribution in [0.5, 0.6) is 0 Å². The monoisotopic (exact) mass is 433 g/mol. The number of nitrogens with one attached hydrogen (secondary N) is 1. The maximum Gasteiger partial charge on any atom is 0.274 e. The lowest BCUT2D eigenvalue weighted by atomic mass is 10.0. The second-order valence-corrected chi connectivity index (χ2v) is 8.76. The van der Waals surface area contributed by atoms with Crippen molar-refractivity contribution in [2.45, 2.75) is 45.2 Å². The van der Waals surface area contributed by atoms with Crippen LogP contribution >= 0.6 is 11.3 Å². The summed E-state index contributed by atoms with van der Waals surface area (Å²) in [5.41, 5.74) is 2.82. The Morgan fingerprint density at radius 3 is 2.94 bits per heavy atom. The maximum atomic E-state index is 12.9. The second kappa shape index (κ2) is 9.80. The molecular formula is C24H27N5OS. The molecule has 4 rings (SSSR count). The van der Waals surface area contributed by atoms with Crippen LogP contribution in [-0.4, -0.2) is 22.0 Å². The van der Waals surface area contributed by atoms with Crippen LogP contribution in [0.2, 0.25) is 0 Å². The van der Waals surface area contributed by atoms with E-state index >= 15 is 0 Å². The molecule has 6 nitrogen and oxygen atoms in total. The van der Waals surface area contributed by atoms with Crippen LogP contribution in [0.15, 0.2) is 54.0 Å². The van der Waals surface area contributed by atoms with E-state index in [-0.39, 0.29) is 17.9 Å². The Labute approximate surface area is 187 Å². The highest BCUT2D eigenvalue weighted by atomic mass is 32.1. The third-order valence-corrected chi connectivity index (χ3v) is 6.67. The SMILES string of the molecule is CCC(CC#N)Cn1cccc1C(=O)Nc1nc(C2CCCN2c2ccccc2)cs1. The highest BCUT2D eigenvalue weighted by Crippen LogP contribution is 2.37. The van der Waals surface area contributed by atoms with E-state index in [0.29, 0.717) is 23.8 Å². The van der Waals surface area contributed by atoms with Crippen molar-refractivity contribution in [3.63, 3.8) is 0 Å². The number of rotatable bonds is 8. The average molecular weight is 434 g/mol. The molecule has 3 aromatic rings. The largest absolute Gasteiger partial charge is 0.363 e. The van der Waals surface area contributed by atoms with Crippen LogP contribution in [0.3, 0.4) is 0 Å². The number of benzene rings is 1. The molecule has 0 saturated carbocycles. The number of aromatic nitrogens is 2. The molecule has 1 fully saturated rings. The van der Waals surface area contributed by atoms with Gasteiger partial charge in [0.2, 0.25) is 0 Å². The molecule has 1 aromatic carbocycles. The van der Waals surface area contributed by atoms with Gasteiger partial charge in [-0.2, -0.15) is 5.26 Å². The van der Waals surface area contributed by atoms with Crippen LogP contribution in [-0.2, 0) is 6.54 Å². The molecular weight excluding hydrogens is 406 g/mol. The minimum atomic E-state index is -0.163. The third-order valence-electron chi connectivity index (χ3n) is 5.90. The van der Waals surface area contributed by atoms with Crippen LogP contribution in [0.4, 0.5) is 10.8 Å². The molecule has 0 spiro atoms. The summed E-state index contributed by atoms with van der Waals surface area (Å²) < 4.78 is 1.93. The number of para-hydroxylation sites is 1. The highest BCUT2D eigenvalue weighted by Gasteiger charge is 2.28. The normalized spacial score (nSPS) is 16.8. The van der Waals surface area contributed by atoms with Gasteiger partial charge in [0.05, 0.1) is 17.8 Å². The molecule has 31 heavy (non-hydrogen) atoms. The number of hydrogen-bond acceptors (Lipinski definition) is 5. The number of hydrogen-bond donors (Lipinski definition) is 1. The zero-order valence-electron chi connectivity index (χ0n) is 17.7. The number of carbonyl (C=O) groups is 1. The molecule has 2 atom stereocenters. The van der Waals surface area contributed by atoms with Gasteiger partial charge >= 0.3 is 0 Å². The fourth-order valence-electron chi connectivity index (χ4n) is 4.19. The van der Waals surface area contributed by atoms with E-state index in [4.69, 9.17) is 10.2 Å². The van der Waals surface area contributed by atoms with E-state index in [1.807, 2.05) is 29.0 Å². The van der Waals surface area contributed by atoms with E-state index in [1.54, 1.807) is 0 Å². The van der Waals surface area contributed by atoms with E-state index < -0.39 is 0 Å². The molecule has 3 heterocycles. The Morgan fingerprint density at radius 1 is 1.32 bits per heavy atom. The topological polar surface area (TPSA) is 74.0 Å². The Morgan fingerprint density at radius 2 is 2.16 bits per heavy atom. The first-order valence-electron chi connectivity index (χ1n) is 10.8. The molecule has 1 amide bonds. The lowest BCUT2D eigenvalue weighted by Crippen LogP contribution is -2.23. The number of carbonyl (C=O) groups excluding carboxylic acids is 1. The smallest absolute Gasteiger partial charge is 0.274 e. The van der Waals surface area contributed by atoms with Gasteiger partial charge in [0.25, 0.3) is 5.91 Å². The van der Waals surface area contributed by atoms with Crippen molar-refractivity contribution in [2.24, 2.45) is 5.92 Å². The van der Waals surface area contributed by atoms with Crippen molar-refractivity contribution in [1.29, 1.82) is 5.26 Å². The van der Waals surface area contributed by atoms with Crippen molar-refractivity contribution in [2.75, 3.05) is 16.8 Å². The number of nitriles is 1. The third kappa shape index (κ3) is 4.80. The van der Waals surface area contributed by atoms with Crippen molar-refractivity contribution in [1.82, 2.24) is 9.55 Å². The molecule has 160 valence electrons. The first-order valence-corrected chi connectivity index (χ1v) is 11.7. The Hall–Kier alpha value is -3.11. The van der Waals surface area contributed by atoms with Crippen molar-refractivity contribution >= 4 is 28.1 Å². The molecule has 7 heteroatoms. The summed E-state index contributed by atoms with van der Waals surface area (Å²) in [4.78, 5) is 20.0. The molecule has 0 bridgehead atoms. The number of amides is 1. The maximum absolute atomic E-state index is 12.9. The quantitative estimate of drug-likeness (QED) is 0.511. The molecule has 2 unspecified atom stereocenters. The first kappa shape index (κ1) is 21.1. The minimum absolute atomic E-state index is 0.163. The summed E-state index contributed by atoms with van der Waals surface area (Å²) in [5.74, 6) is 0.0748. The van der Waals surface area contributed by atoms with Crippen molar-refractivity contribution < 1.29 is 4.79 Å². The van der Waals surface area contributed by atoms with Crippen LogP contribution < -0.4 is 10.2 Å². The van der Waals surface area contributed by atoms with Gasteiger partial charge in [-0.3, -0.25) is 10.1 Å². The van der Waals surface area contributed by atoms with E-state index in [1.165, 1.54) is 17.0 Å². The Balaban J connectivity index is 1.45. The lowest BCUT2D eigenvalue weighted by molar-refractivity contribution is 0.101. The van der Waals surface area contributed by atoms with Gasteiger partial charge in [-0.25, -0.2) is 4.98 Å². The zero-order chi connectivity index (χ0) is 21.6. The summed E-state index contributed by atoms with van der Waals surface area (Å²) in [6.45, 7) is 3.75. The predicted octanol–water partition coefficient (Wildman–Crippen LogP) is 5.48. The second-order valence-electron chi connectivity index (χ2n) is 7.90. The fourth-order valence-corrected chi connectivity index (χ4v) is 4.94. The van der Waals surface area contributed by atoms with Gasteiger partial charge in [-0.1, -0.05) is 31.5 Å². The molecule has 1 aliphatic heterocycles. The first-order chi connectivity index (χ1) is 15.2. The van der Waals surface area contributed by atoms with Gasteiger partial charge < -0.3 is 9.47 Å². The van der Waals surface area contributed by atoms with Gasteiger partial charge in [-0.15, -0.1) is 11.3 Å². The van der Waals surface area contributed by atoms with Crippen molar-refractivity contribution in [3.05, 3.63) is 65.4 Å². The van der Waals surface area contributed by atoms with Gasteiger partial charge in [0.15, 0.2) is 5.13 Å². The molecule has 1 aliphatic rings. The Kier molecular flexibility index (Phi) is 6.68. The number of thiazole rings is 1. The summed E-state index contributed by atoms with van der Waals surface area (Å²) >= 11 is 1.47. The van der Waals surface area contributed by atoms with E-state index in [2.05, 4.69) is 52.9 Å². The lowest BCUT2D eigenvalue weighted by Gasteiger charge is -2.25.